The SMILES string of the molecule is NCC(NCC1CC1)c1cc(Cl)ccc1Br. The highest BCUT2D eigenvalue weighted by atomic mass is 79.9. The summed E-state index contributed by atoms with van der Waals surface area (Å²) in [7, 11) is 0. The van der Waals surface area contributed by atoms with Crippen molar-refractivity contribution in [2.75, 3.05) is 13.1 Å². The molecule has 1 aliphatic carbocycles. The molecule has 0 heterocycles. The van der Waals surface area contributed by atoms with E-state index in [2.05, 4.69) is 21.2 Å². The molecule has 0 aromatic heterocycles. The average Bonchev–Trinajstić information content (AvgIpc) is 3.07. The summed E-state index contributed by atoms with van der Waals surface area (Å²) >= 11 is 9.54. The van der Waals surface area contributed by atoms with Crippen LogP contribution in [0.1, 0.15) is 24.4 Å². The van der Waals surface area contributed by atoms with E-state index in [4.69, 9.17) is 17.3 Å². The molecule has 1 aromatic carbocycles. The molecule has 88 valence electrons. The summed E-state index contributed by atoms with van der Waals surface area (Å²) in [5, 5.41) is 4.26. The second-order valence-corrected chi connectivity index (χ2v) is 5.60. The van der Waals surface area contributed by atoms with Crippen molar-refractivity contribution in [2.24, 2.45) is 11.7 Å². The molecular formula is C12H16BrClN2. The molecule has 0 aliphatic heterocycles. The molecule has 1 aliphatic rings. The van der Waals surface area contributed by atoms with Crippen molar-refractivity contribution in [3.8, 4) is 0 Å². The molecule has 2 nitrogen and oxygen atoms in total. The Morgan fingerprint density at radius 2 is 2.25 bits per heavy atom. The third kappa shape index (κ3) is 3.20. The van der Waals surface area contributed by atoms with E-state index in [1.54, 1.807) is 0 Å². The van der Waals surface area contributed by atoms with Crippen LogP contribution in [0.5, 0.6) is 0 Å². The summed E-state index contributed by atoms with van der Waals surface area (Å²) in [5.74, 6) is 0.854. The highest BCUT2D eigenvalue weighted by Gasteiger charge is 2.22. The smallest absolute Gasteiger partial charge is 0.0456 e. The molecule has 1 unspecified atom stereocenters. The second-order valence-electron chi connectivity index (χ2n) is 4.31. The van der Waals surface area contributed by atoms with Crippen LogP contribution in [0.2, 0.25) is 5.02 Å². The molecule has 0 spiro atoms. The van der Waals surface area contributed by atoms with Gasteiger partial charge in [0.2, 0.25) is 0 Å². The van der Waals surface area contributed by atoms with Crippen LogP contribution < -0.4 is 11.1 Å². The van der Waals surface area contributed by atoms with Crippen LogP contribution >= 0.6 is 27.5 Å². The minimum atomic E-state index is 0.189. The number of benzene rings is 1. The molecule has 4 heteroatoms. The largest absolute Gasteiger partial charge is 0.329 e. The predicted molar refractivity (Wildman–Crippen MR) is 71.7 cm³/mol. The lowest BCUT2D eigenvalue weighted by molar-refractivity contribution is 0.521. The minimum Gasteiger partial charge on any atom is -0.329 e. The molecule has 1 saturated carbocycles. The molecule has 16 heavy (non-hydrogen) atoms. The van der Waals surface area contributed by atoms with Gasteiger partial charge in [0, 0.05) is 22.1 Å². The fraction of sp³-hybridized carbons (Fsp3) is 0.500. The maximum atomic E-state index is 6.00. The van der Waals surface area contributed by atoms with Crippen molar-refractivity contribution in [1.82, 2.24) is 5.32 Å². The first-order valence-electron chi connectivity index (χ1n) is 5.59. The van der Waals surface area contributed by atoms with Gasteiger partial charge in [-0.25, -0.2) is 0 Å². The van der Waals surface area contributed by atoms with Gasteiger partial charge in [-0.1, -0.05) is 27.5 Å². The minimum absolute atomic E-state index is 0.189. The second kappa shape index (κ2) is 5.50. The lowest BCUT2D eigenvalue weighted by atomic mass is 10.1. The Hall–Kier alpha value is -0.0900. The molecule has 1 fully saturated rings. The van der Waals surface area contributed by atoms with Gasteiger partial charge in [0.15, 0.2) is 0 Å². The Bertz CT molecular complexity index is 366. The maximum Gasteiger partial charge on any atom is 0.0456 e. The number of rotatable bonds is 5. The lowest BCUT2D eigenvalue weighted by Gasteiger charge is -2.18. The first kappa shape index (κ1) is 12.4. The maximum absolute atomic E-state index is 6.00. The molecule has 0 amide bonds. The fourth-order valence-corrected chi connectivity index (χ4v) is 2.44. The van der Waals surface area contributed by atoms with E-state index in [1.807, 2.05) is 18.2 Å². The first-order chi connectivity index (χ1) is 7.70. The van der Waals surface area contributed by atoms with E-state index in [0.29, 0.717) is 6.54 Å². The van der Waals surface area contributed by atoms with Gasteiger partial charge in [-0.3, -0.25) is 0 Å². The third-order valence-corrected chi connectivity index (χ3v) is 3.88. The number of nitrogens with two attached hydrogens (primary N) is 1. The number of hydrogen-bond acceptors (Lipinski definition) is 2. The molecule has 0 radical (unpaired) electrons. The Labute approximate surface area is 110 Å². The predicted octanol–water partition coefficient (Wildman–Crippen LogP) is 3.10. The molecule has 1 aromatic rings. The van der Waals surface area contributed by atoms with Gasteiger partial charge in [-0.15, -0.1) is 0 Å². The topological polar surface area (TPSA) is 38.0 Å². The van der Waals surface area contributed by atoms with Crippen molar-refractivity contribution >= 4 is 27.5 Å². The van der Waals surface area contributed by atoms with Crippen LogP contribution in [0.15, 0.2) is 22.7 Å². The van der Waals surface area contributed by atoms with Crippen LogP contribution in [-0.4, -0.2) is 13.1 Å². The van der Waals surface area contributed by atoms with Crippen LogP contribution in [0.4, 0.5) is 0 Å². The molecular weight excluding hydrogens is 288 g/mol. The Balaban J connectivity index is 2.07. The lowest BCUT2D eigenvalue weighted by Crippen LogP contribution is -2.30. The summed E-state index contributed by atoms with van der Waals surface area (Å²) in [6.07, 6.45) is 2.70. The van der Waals surface area contributed by atoms with Gasteiger partial charge in [-0.2, -0.15) is 0 Å². The molecule has 3 N–H and O–H groups in total. The van der Waals surface area contributed by atoms with E-state index in [-0.39, 0.29) is 6.04 Å². The van der Waals surface area contributed by atoms with Crippen LogP contribution in [0.3, 0.4) is 0 Å². The van der Waals surface area contributed by atoms with Gasteiger partial charge in [0.1, 0.15) is 0 Å². The third-order valence-electron chi connectivity index (χ3n) is 2.92. The molecule has 2 rings (SSSR count). The molecule has 1 atom stereocenters. The van der Waals surface area contributed by atoms with Gasteiger partial charge >= 0.3 is 0 Å². The standard InChI is InChI=1S/C12H16BrClN2/c13-11-4-3-9(14)5-10(11)12(6-15)16-7-8-1-2-8/h3-5,8,12,16H,1-2,6-7,15H2. The van der Waals surface area contributed by atoms with Crippen LogP contribution in [0.25, 0.3) is 0 Å². The summed E-state index contributed by atoms with van der Waals surface area (Å²) in [6.45, 7) is 1.65. The summed E-state index contributed by atoms with van der Waals surface area (Å²) in [4.78, 5) is 0. The van der Waals surface area contributed by atoms with Crippen molar-refractivity contribution in [3.05, 3.63) is 33.3 Å². The Morgan fingerprint density at radius 1 is 1.50 bits per heavy atom. The summed E-state index contributed by atoms with van der Waals surface area (Å²) < 4.78 is 1.07. The van der Waals surface area contributed by atoms with Crippen LogP contribution in [0, 0.1) is 5.92 Å². The quantitative estimate of drug-likeness (QED) is 0.877. The van der Waals surface area contributed by atoms with Crippen molar-refractivity contribution in [3.63, 3.8) is 0 Å². The number of halogens is 2. The average molecular weight is 304 g/mol. The van der Waals surface area contributed by atoms with E-state index in [0.717, 1.165) is 27.5 Å². The monoisotopic (exact) mass is 302 g/mol. The van der Waals surface area contributed by atoms with Gasteiger partial charge < -0.3 is 11.1 Å². The zero-order valence-electron chi connectivity index (χ0n) is 9.05. The van der Waals surface area contributed by atoms with E-state index < -0.39 is 0 Å². The van der Waals surface area contributed by atoms with Crippen molar-refractivity contribution in [1.29, 1.82) is 0 Å². The van der Waals surface area contributed by atoms with Crippen molar-refractivity contribution < 1.29 is 0 Å². The molecule has 0 bridgehead atoms. The van der Waals surface area contributed by atoms with Gasteiger partial charge in [-0.05, 0) is 49.1 Å². The van der Waals surface area contributed by atoms with E-state index >= 15 is 0 Å². The zero-order chi connectivity index (χ0) is 11.5. The van der Waals surface area contributed by atoms with Crippen molar-refractivity contribution in [2.45, 2.75) is 18.9 Å². The number of nitrogens with one attached hydrogen (secondary N) is 1. The van der Waals surface area contributed by atoms with Crippen LogP contribution in [-0.2, 0) is 0 Å². The van der Waals surface area contributed by atoms with E-state index in [9.17, 15) is 0 Å². The number of hydrogen-bond donors (Lipinski definition) is 2. The highest BCUT2D eigenvalue weighted by Crippen LogP contribution is 2.30. The normalized spacial score (nSPS) is 17.4. The molecule has 0 saturated heterocycles. The van der Waals surface area contributed by atoms with Gasteiger partial charge in [0.25, 0.3) is 0 Å². The summed E-state index contributed by atoms with van der Waals surface area (Å²) in [5.41, 5.74) is 6.95. The first-order valence-corrected chi connectivity index (χ1v) is 6.76. The highest BCUT2D eigenvalue weighted by molar-refractivity contribution is 9.10. The Kier molecular flexibility index (Phi) is 4.25. The Morgan fingerprint density at radius 3 is 2.88 bits per heavy atom. The zero-order valence-corrected chi connectivity index (χ0v) is 11.4. The summed E-state index contributed by atoms with van der Waals surface area (Å²) in [6, 6.07) is 6.01. The van der Waals surface area contributed by atoms with E-state index in [1.165, 1.54) is 12.8 Å². The fourth-order valence-electron chi connectivity index (χ4n) is 1.73. The van der Waals surface area contributed by atoms with Gasteiger partial charge in [0.05, 0.1) is 0 Å².